The molecule has 0 atom stereocenters. The highest BCUT2D eigenvalue weighted by Gasteiger charge is 2.02. The summed E-state index contributed by atoms with van der Waals surface area (Å²) in [4.78, 5) is 9.49. The molecule has 0 spiro atoms. The van der Waals surface area contributed by atoms with E-state index in [9.17, 15) is 0 Å². The van der Waals surface area contributed by atoms with Gasteiger partial charge in [0.1, 0.15) is 10.3 Å². The molecule has 0 aliphatic carbocycles. The average Bonchev–Trinajstić information content (AvgIpc) is 2.62. The van der Waals surface area contributed by atoms with Gasteiger partial charge in [0.05, 0.1) is 11.2 Å². The summed E-state index contributed by atoms with van der Waals surface area (Å²) in [6.45, 7) is 3.13. The molecule has 2 aromatic rings. The highest BCUT2D eigenvalue weighted by atomic mass is 32.1. The fourth-order valence-corrected chi connectivity index (χ4v) is 1.83. The van der Waals surface area contributed by atoms with Crippen LogP contribution in [0.2, 0.25) is 0 Å². The number of rotatable bonds is 3. The zero-order valence-electron chi connectivity index (χ0n) is 7.45. The lowest BCUT2D eigenvalue weighted by atomic mass is 10.3. The fourth-order valence-electron chi connectivity index (χ4n) is 1.18. The summed E-state index contributed by atoms with van der Waals surface area (Å²) in [6.07, 6.45) is 2.94. The van der Waals surface area contributed by atoms with Crippen molar-refractivity contribution < 1.29 is 0 Å². The van der Waals surface area contributed by atoms with Gasteiger partial charge in [-0.15, -0.1) is 11.3 Å². The number of nitrogens with one attached hydrogen (secondary N) is 1. The highest BCUT2D eigenvalue weighted by Crippen LogP contribution is 2.22. The molecule has 0 saturated carbocycles. The lowest BCUT2D eigenvalue weighted by molar-refractivity contribution is 0.980. The molecule has 0 unspecified atom stereocenters. The van der Waals surface area contributed by atoms with Crippen LogP contribution in [0.5, 0.6) is 0 Å². The van der Waals surface area contributed by atoms with E-state index in [1.807, 2.05) is 17.8 Å². The fraction of sp³-hybridized carbons (Fsp3) is 0.333. The second kappa shape index (κ2) is 3.70. The molecular weight excluding hydrogens is 182 g/mol. The molecule has 0 saturated heterocycles. The summed E-state index contributed by atoms with van der Waals surface area (Å²) >= 11 is 1.57. The molecule has 2 heterocycles. The van der Waals surface area contributed by atoms with Crippen molar-refractivity contribution >= 4 is 27.4 Å². The Balaban J connectivity index is 2.37. The van der Waals surface area contributed by atoms with Gasteiger partial charge in [0, 0.05) is 12.7 Å². The van der Waals surface area contributed by atoms with Gasteiger partial charge in [-0.25, -0.2) is 9.97 Å². The SMILES string of the molecule is CCCNc1ccnc2scnc12. The first-order valence-electron chi connectivity index (χ1n) is 4.34. The van der Waals surface area contributed by atoms with Crippen LogP contribution >= 0.6 is 11.3 Å². The number of nitrogens with zero attached hydrogens (tertiary/aromatic N) is 2. The van der Waals surface area contributed by atoms with E-state index >= 15 is 0 Å². The molecule has 0 aliphatic heterocycles. The van der Waals surface area contributed by atoms with Crippen LogP contribution in [0, 0.1) is 0 Å². The van der Waals surface area contributed by atoms with Crippen molar-refractivity contribution in [2.75, 3.05) is 11.9 Å². The van der Waals surface area contributed by atoms with E-state index in [0.29, 0.717) is 0 Å². The largest absolute Gasteiger partial charge is 0.383 e. The van der Waals surface area contributed by atoms with Crippen LogP contribution < -0.4 is 5.32 Å². The van der Waals surface area contributed by atoms with E-state index < -0.39 is 0 Å². The summed E-state index contributed by atoms with van der Waals surface area (Å²) in [5.41, 5.74) is 3.91. The second-order valence-corrected chi connectivity index (χ2v) is 3.62. The zero-order chi connectivity index (χ0) is 9.10. The van der Waals surface area contributed by atoms with Crippen molar-refractivity contribution in [2.24, 2.45) is 0 Å². The van der Waals surface area contributed by atoms with Gasteiger partial charge in [0.25, 0.3) is 0 Å². The summed E-state index contributed by atoms with van der Waals surface area (Å²) in [6, 6.07) is 1.97. The van der Waals surface area contributed by atoms with Gasteiger partial charge in [0.2, 0.25) is 0 Å². The molecule has 0 radical (unpaired) electrons. The van der Waals surface area contributed by atoms with E-state index in [-0.39, 0.29) is 0 Å². The van der Waals surface area contributed by atoms with Crippen LogP contribution in [0.15, 0.2) is 17.8 Å². The van der Waals surface area contributed by atoms with Crippen LogP contribution in [0.1, 0.15) is 13.3 Å². The van der Waals surface area contributed by atoms with E-state index in [1.54, 1.807) is 11.3 Å². The Kier molecular flexibility index (Phi) is 2.40. The third-order valence-corrected chi connectivity index (χ3v) is 2.54. The summed E-state index contributed by atoms with van der Waals surface area (Å²) < 4.78 is 0. The van der Waals surface area contributed by atoms with Crippen molar-refractivity contribution in [3.8, 4) is 0 Å². The molecular formula is C9H11N3S. The van der Waals surface area contributed by atoms with Crippen molar-refractivity contribution in [1.82, 2.24) is 9.97 Å². The van der Waals surface area contributed by atoms with Gasteiger partial charge in [-0.2, -0.15) is 0 Å². The molecule has 0 aliphatic rings. The molecule has 0 aromatic carbocycles. The van der Waals surface area contributed by atoms with Gasteiger partial charge in [-0.05, 0) is 12.5 Å². The van der Waals surface area contributed by atoms with Crippen LogP contribution in [0.4, 0.5) is 5.69 Å². The van der Waals surface area contributed by atoms with E-state index in [4.69, 9.17) is 0 Å². The maximum atomic E-state index is 4.27. The zero-order valence-corrected chi connectivity index (χ0v) is 8.27. The molecule has 0 fully saturated rings. The highest BCUT2D eigenvalue weighted by molar-refractivity contribution is 7.16. The predicted octanol–water partition coefficient (Wildman–Crippen LogP) is 2.51. The Hall–Kier alpha value is -1.16. The Morgan fingerprint density at radius 1 is 1.46 bits per heavy atom. The van der Waals surface area contributed by atoms with Crippen molar-refractivity contribution in [1.29, 1.82) is 0 Å². The molecule has 3 nitrogen and oxygen atoms in total. The van der Waals surface area contributed by atoms with E-state index in [2.05, 4.69) is 22.2 Å². The molecule has 2 aromatic heterocycles. The summed E-state index contributed by atoms with van der Waals surface area (Å²) in [5.74, 6) is 0. The molecule has 0 bridgehead atoms. The summed E-state index contributed by atoms with van der Waals surface area (Å²) in [7, 11) is 0. The first-order chi connectivity index (χ1) is 6.42. The number of fused-ring (bicyclic) bond motifs is 1. The number of aromatic nitrogens is 2. The van der Waals surface area contributed by atoms with Crippen LogP contribution in [0.25, 0.3) is 10.3 Å². The number of anilines is 1. The number of hydrogen-bond donors (Lipinski definition) is 1. The Labute approximate surface area is 80.8 Å². The maximum absolute atomic E-state index is 4.27. The van der Waals surface area contributed by atoms with Crippen LogP contribution in [-0.4, -0.2) is 16.5 Å². The van der Waals surface area contributed by atoms with Crippen LogP contribution in [-0.2, 0) is 0 Å². The Bertz CT molecular complexity index is 396. The first kappa shape index (κ1) is 8.44. The van der Waals surface area contributed by atoms with Gasteiger partial charge in [-0.3, -0.25) is 0 Å². The lowest BCUT2D eigenvalue weighted by Crippen LogP contribution is -2.00. The number of thiazole rings is 1. The Morgan fingerprint density at radius 2 is 2.38 bits per heavy atom. The third-order valence-electron chi connectivity index (χ3n) is 1.80. The molecule has 68 valence electrons. The summed E-state index contributed by atoms with van der Waals surface area (Å²) in [5, 5.41) is 3.33. The standard InChI is InChI=1S/C9H11N3S/c1-2-4-10-7-3-5-11-9-8(7)12-6-13-9/h3,5-6H,2,4H2,1H3,(H,10,11). The molecule has 0 amide bonds. The quantitative estimate of drug-likeness (QED) is 0.814. The predicted molar refractivity (Wildman–Crippen MR) is 56.2 cm³/mol. The lowest BCUT2D eigenvalue weighted by Gasteiger charge is -2.03. The van der Waals surface area contributed by atoms with Gasteiger partial charge >= 0.3 is 0 Å². The maximum Gasteiger partial charge on any atom is 0.145 e. The average molecular weight is 193 g/mol. The third kappa shape index (κ3) is 1.62. The van der Waals surface area contributed by atoms with E-state index in [0.717, 1.165) is 29.0 Å². The van der Waals surface area contributed by atoms with Gasteiger partial charge < -0.3 is 5.32 Å². The molecule has 1 N–H and O–H groups in total. The van der Waals surface area contributed by atoms with Crippen molar-refractivity contribution in [3.63, 3.8) is 0 Å². The smallest absolute Gasteiger partial charge is 0.145 e. The van der Waals surface area contributed by atoms with Gasteiger partial charge in [0.15, 0.2) is 0 Å². The monoisotopic (exact) mass is 193 g/mol. The Morgan fingerprint density at radius 3 is 3.23 bits per heavy atom. The number of pyridine rings is 1. The molecule has 4 heteroatoms. The minimum absolute atomic E-state index is 0.983. The number of hydrogen-bond acceptors (Lipinski definition) is 4. The minimum Gasteiger partial charge on any atom is -0.383 e. The molecule has 2 rings (SSSR count). The van der Waals surface area contributed by atoms with Crippen molar-refractivity contribution in [2.45, 2.75) is 13.3 Å². The second-order valence-electron chi connectivity index (χ2n) is 2.79. The minimum atomic E-state index is 0.983. The van der Waals surface area contributed by atoms with Gasteiger partial charge in [-0.1, -0.05) is 6.92 Å². The van der Waals surface area contributed by atoms with Crippen molar-refractivity contribution in [3.05, 3.63) is 17.8 Å². The first-order valence-corrected chi connectivity index (χ1v) is 5.22. The normalized spacial score (nSPS) is 10.5. The molecule has 13 heavy (non-hydrogen) atoms. The van der Waals surface area contributed by atoms with E-state index in [1.165, 1.54) is 0 Å². The van der Waals surface area contributed by atoms with Crippen LogP contribution in [0.3, 0.4) is 0 Å². The topological polar surface area (TPSA) is 37.8 Å².